The lowest BCUT2D eigenvalue weighted by molar-refractivity contribution is -0.118. The summed E-state index contributed by atoms with van der Waals surface area (Å²) in [4.78, 5) is 27.2. The largest absolute Gasteiger partial charge is 0.495 e. The van der Waals surface area contributed by atoms with Gasteiger partial charge in [0, 0.05) is 22.5 Å². The Kier molecular flexibility index (Phi) is 15.6. The molecule has 54 heavy (non-hydrogen) atoms. The third kappa shape index (κ3) is 10.5. The molecule has 4 atom stereocenters. The molecule has 0 saturated carbocycles. The van der Waals surface area contributed by atoms with Crippen LogP contribution in [0.4, 0.5) is 14.5 Å². The summed E-state index contributed by atoms with van der Waals surface area (Å²) >= 11 is 12.4. The number of esters is 1. The van der Waals surface area contributed by atoms with E-state index in [0.717, 1.165) is 6.07 Å². The van der Waals surface area contributed by atoms with E-state index in [1.54, 1.807) is 0 Å². The van der Waals surface area contributed by atoms with Gasteiger partial charge in [-0.05, 0) is 53.8 Å². The van der Waals surface area contributed by atoms with E-state index >= 15 is 8.78 Å². The summed E-state index contributed by atoms with van der Waals surface area (Å²) in [6.45, 7) is 7.44. The molecule has 3 N–H and O–H groups in total. The van der Waals surface area contributed by atoms with Crippen molar-refractivity contribution in [2.24, 2.45) is 5.41 Å². The van der Waals surface area contributed by atoms with Crippen LogP contribution in [0.1, 0.15) is 54.6 Å². The van der Waals surface area contributed by atoms with E-state index < -0.39 is 52.3 Å². The standard InChI is InChI=1S/C39H45Cl2F2N3O8/c1-38(2,3)22-32-39(23-44,27-10-9-25(40)21-29(27)42)33(26-6-5-7-28(41)34(26)43)35(46-32)36(48)45-30-11-8-24(20-31(30)50-4)37(49)54-19-18-53-17-16-52-15-14-51-13-12-47/h5-11,20-21,32-33,35,46-47H,12-19,22H2,1-4H3,(H,45,48). The summed E-state index contributed by atoms with van der Waals surface area (Å²) < 4.78 is 58.6. The maximum Gasteiger partial charge on any atom is 0.338 e. The highest BCUT2D eigenvalue weighted by molar-refractivity contribution is 6.31. The lowest BCUT2D eigenvalue weighted by Crippen LogP contribution is -2.45. The fourth-order valence-corrected chi connectivity index (χ4v) is 6.91. The van der Waals surface area contributed by atoms with Gasteiger partial charge >= 0.3 is 5.97 Å². The van der Waals surface area contributed by atoms with Gasteiger partial charge in [-0.1, -0.05) is 62.2 Å². The van der Waals surface area contributed by atoms with Gasteiger partial charge in [-0.2, -0.15) is 5.26 Å². The smallest absolute Gasteiger partial charge is 0.338 e. The predicted octanol–water partition coefficient (Wildman–Crippen LogP) is 6.44. The Morgan fingerprint density at radius 2 is 1.63 bits per heavy atom. The molecule has 1 aliphatic rings. The van der Waals surface area contributed by atoms with E-state index in [0.29, 0.717) is 26.2 Å². The molecule has 11 nitrogen and oxygen atoms in total. The van der Waals surface area contributed by atoms with E-state index in [-0.39, 0.29) is 71.2 Å². The average molecular weight is 793 g/mol. The highest BCUT2D eigenvalue weighted by Crippen LogP contribution is 2.53. The number of rotatable bonds is 18. The van der Waals surface area contributed by atoms with Gasteiger partial charge in [0.25, 0.3) is 0 Å². The topological polar surface area (TPSA) is 148 Å². The minimum Gasteiger partial charge on any atom is -0.495 e. The molecule has 0 bridgehead atoms. The zero-order valence-electron chi connectivity index (χ0n) is 30.6. The van der Waals surface area contributed by atoms with Crippen LogP contribution in [0.25, 0.3) is 0 Å². The first-order valence-corrected chi connectivity index (χ1v) is 18.1. The Labute approximate surface area is 323 Å². The van der Waals surface area contributed by atoms with Crippen molar-refractivity contribution in [2.75, 3.05) is 65.3 Å². The molecular weight excluding hydrogens is 747 g/mol. The first kappa shape index (κ1) is 42.9. The summed E-state index contributed by atoms with van der Waals surface area (Å²) in [7, 11) is 1.36. The van der Waals surface area contributed by atoms with Crippen molar-refractivity contribution in [1.82, 2.24) is 5.32 Å². The molecular formula is C39H45Cl2F2N3O8. The van der Waals surface area contributed by atoms with E-state index in [1.807, 2.05) is 20.8 Å². The van der Waals surface area contributed by atoms with E-state index in [9.17, 15) is 14.9 Å². The number of amides is 1. The molecule has 1 aliphatic heterocycles. The fourth-order valence-electron chi connectivity index (χ4n) is 6.57. The van der Waals surface area contributed by atoms with Gasteiger partial charge in [-0.3, -0.25) is 4.79 Å². The Morgan fingerprint density at radius 1 is 0.963 bits per heavy atom. The second kappa shape index (κ2) is 19.6. The summed E-state index contributed by atoms with van der Waals surface area (Å²) in [6, 6.07) is 12.7. The minimum atomic E-state index is -1.81. The number of ether oxygens (including phenoxy) is 5. The van der Waals surface area contributed by atoms with Crippen molar-refractivity contribution in [2.45, 2.75) is 50.6 Å². The summed E-state index contributed by atoms with van der Waals surface area (Å²) in [5.41, 5.74) is -2.00. The number of halogens is 4. The van der Waals surface area contributed by atoms with Crippen LogP contribution < -0.4 is 15.4 Å². The second-order valence-electron chi connectivity index (χ2n) is 13.8. The Balaban J connectivity index is 1.57. The zero-order valence-corrected chi connectivity index (χ0v) is 32.1. The maximum absolute atomic E-state index is 16.0. The molecule has 0 aliphatic carbocycles. The van der Waals surface area contributed by atoms with Gasteiger partial charge in [0.15, 0.2) is 0 Å². The molecule has 15 heteroatoms. The van der Waals surface area contributed by atoms with Crippen molar-refractivity contribution in [3.8, 4) is 11.8 Å². The van der Waals surface area contributed by atoms with Crippen LogP contribution in [0.2, 0.25) is 10.0 Å². The zero-order chi connectivity index (χ0) is 39.5. The number of nitriles is 1. The van der Waals surface area contributed by atoms with Gasteiger partial charge in [0.1, 0.15) is 29.4 Å². The maximum atomic E-state index is 16.0. The van der Waals surface area contributed by atoms with Crippen LogP contribution in [0.5, 0.6) is 5.75 Å². The Hall–Kier alpha value is -3.87. The summed E-state index contributed by atoms with van der Waals surface area (Å²) in [6.07, 6.45) is 0.297. The third-order valence-corrected chi connectivity index (χ3v) is 9.39. The number of nitrogens with one attached hydrogen (secondary N) is 2. The van der Waals surface area contributed by atoms with Gasteiger partial charge in [0.05, 0.1) is 81.7 Å². The molecule has 0 aromatic heterocycles. The van der Waals surface area contributed by atoms with E-state index in [1.165, 1.54) is 55.6 Å². The van der Waals surface area contributed by atoms with Crippen LogP contribution in [-0.4, -0.2) is 89.0 Å². The normalized spacial score (nSPS) is 19.7. The van der Waals surface area contributed by atoms with Crippen molar-refractivity contribution in [1.29, 1.82) is 5.26 Å². The number of hydrogen-bond acceptors (Lipinski definition) is 10. The quantitative estimate of drug-likeness (QED) is 0.0972. The molecule has 0 radical (unpaired) electrons. The van der Waals surface area contributed by atoms with Crippen LogP contribution in [0, 0.1) is 28.4 Å². The van der Waals surface area contributed by atoms with Gasteiger partial charge in [-0.25, -0.2) is 13.6 Å². The number of methoxy groups -OCH3 is 1. The fraction of sp³-hybridized carbons (Fsp3) is 0.462. The van der Waals surface area contributed by atoms with Crippen LogP contribution >= 0.6 is 23.2 Å². The second-order valence-corrected chi connectivity index (χ2v) is 14.6. The van der Waals surface area contributed by atoms with Crippen molar-refractivity contribution < 1.29 is 47.2 Å². The number of aliphatic hydroxyl groups excluding tert-OH is 1. The Bertz CT molecular complexity index is 1800. The monoisotopic (exact) mass is 791 g/mol. The number of hydrogen-bond donors (Lipinski definition) is 3. The van der Waals surface area contributed by atoms with Gasteiger partial charge in [-0.15, -0.1) is 0 Å². The lowest BCUT2D eigenvalue weighted by atomic mass is 9.62. The number of anilines is 1. The molecule has 292 valence electrons. The molecule has 1 amide bonds. The molecule has 1 saturated heterocycles. The summed E-state index contributed by atoms with van der Waals surface area (Å²) in [5, 5.41) is 25.7. The van der Waals surface area contributed by atoms with Crippen LogP contribution in [-0.2, 0) is 29.2 Å². The third-order valence-electron chi connectivity index (χ3n) is 8.87. The first-order chi connectivity index (χ1) is 25.8. The molecule has 4 rings (SSSR count). The molecule has 0 spiro atoms. The molecule has 3 aromatic rings. The van der Waals surface area contributed by atoms with Gasteiger partial charge < -0.3 is 39.4 Å². The summed E-state index contributed by atoms with van der Waals surface area (Å²) in [5.74, 6) is -4.09. The highest BCUT2D eigenvalue weighted by atomic mass is 35.5. The van der Waals surface area contributed by atoms with Crippen LogP contribution in [0.3, 0.4) is 0 Å². The first-order valence-electron chi connectivity index (χ1n) is 17.3. The molecule has 4 unspecified atom stereocenters. The van der Waals surface area contributed by atoms with E-state index in [4.69, 9.17) is 52.0 Å². The highest BCUT2D eigenvalue weighted by Gasteiger charge is 2.61. The van der Waals surface area contributed by atoms with Crippen molar-refractivity contribution >= 4 is 40.8 Å². The van der Waals surface area contributed by atoms with Gasteiger partial charge in [0.2, 0.25) is 5.91 Å². The number of benzene rings is 3. The van der Waals surface area contributed by atoms with Crippen molar-refractivity contribution in [3.05, 3.63) is 93.0 Å². The SMILES string of the molecule is COc1cc(C(=O)OCCOCCOCCOCCO)ccc1NC(=O)C1NC(CC(C)(C)C)C(C#N)(c2ccc(Cl)cc2F)C1c1cccc(Cl)c1F. The molecule has 1 fully saturated rings. The minimum absolute atomic E-state index is 0.0291. The molecule has 3 aromatic carbocycles. The number of aliphatic hydroxyl groups is 1. The predicted molar refractivity (Wildman–Crippen MR) is 199 cm³/mol. The van der Waals surface area contributed by atoms with Crippen molar-refractivity contribution in [3.63, 3.8) is 0 Å². The van der Waals surface area contributed by atoms with Crippen LogP contribution in [0.15, 0.2) is 54.6 Å². The number of nitrogens with zero attached hydrogens (tertiary/aromatic N) is 1. The van der Waals surface area contributed by atoms with E-state index in [2.05, 4.69) is 16.7 Å². The molecule has 1 heterocycles. The lowest BCUT2D eigenvalue weighted by Gasteiger charge is -2.37. The number of carbonyl (C=O) groups is 2. The number of carbonyl (C=O) groups excluding carboxylic acids is 2. The Morgan fingerprint density at radius 3 is 2.24 bits per heavy atom. The average Bonchev–Trinajstić information content (AvgIpc) is 3.44.